The Morgan fingerprint density at radius 3 is 1.60 bits per heavy atom. The van der Waals surface area contributed by atoms with Crippen LogP contribution in [0, 0.1) is 6.92 Å². The lowest BCUT2D eigenvalue weighted by Gasteiger charge is -2.27. The lowest BCUT2D eigenvalue weighted by atomic mass is 9.81. The Morgan fingerprint density at radius 1 is 0.308 bits per heavy atom. The number of anilines is 3. The highest BCUT2D eigenvalue weighted by Crippen LogP contribution is 2.52. The van der Waals surface area contributed by atoms with E-state index >= 15 is 0 Å². The molecule has 65 heavy (non-hydrogen) atoms. The van der Waals surface area contributed by atoms with Crippen molar-refractivity contribution in [2.24, 2.45) is 0 Å². The zero-order valence-electron chi connectivity index (χ0n) is 36.9. The number of aryl methyl sites for hydroxylation is 1. The molecule has 1 aliphatic carbocycles. The molecule has 0 saturated heterocycles. The molecular formula is C64H47N. The summed E-state index contributed by atoms with van der Waals surface area (Å²) in [5.74, 6) is 0. The molecular weight excluding hydrogens is 783 g/mol. The van der Waals surface area contributed by atoms with Crippen LogP contribution >= 0.6 is 0 Å². The van der Waals surface area contributed by atoms with Crippen LogP contribution in [0.3, 0.4) is 0 Å². The minimum Gasteiger partial charge on any atom is -0.310 e. The minimum absolute atomic E-state index is 0.0521. The zero-order chi connectivity index (χ0) is 43.6. The molecule has 0 saturated carbocycles. The highest BCUT2D eigenvalue weighted by atomic mass is 15.1. The van der Waals surface area contributed by atoms with Crippen molar-refractivity contribution in [3.05, 3.63) is 247 Å². The Balaban J connectivity index is 1.08. The first-order valence-corrected chi connectivity index (χ1v) is 22.8. The topological polar surface area (TPSA) is 3.24 Å². The van der Waals surface area contributed by atoms with Crippen LogP contribution in [0.5, 0.6) is 0 Å². The van der Waals surface area contributed by atoms with Crippen molar-refractivity contribution in [2.75, 3.05) is 4.90 Å². The maximum atomic E-state index is 2.44. The van der Waals surface area contributed by atoms with E-state index in [4.69, 9.17) is 0 Å². The van der Waals surface area contributed by atoms with Crippen molar-refractivity contribution in [3.8, 4) is 55.6 Å². The van der Waals surface area contributed by atoms with Crippen LogP contribution in [0.4, 0.5) is 17.1 Å². The first-order valence-electron chi connectivity index (χ1n) is 22.8. The highest BCUT2D eigenvalue weighted by Gasteiger charge is 2.35. The van der Waals surface area contributed by atoms with E-state index in [0.717, 1.165) is 17.1 Å². The van der Waals surface area contributed by atoms with Crippen molar-refractivity contribution in [1.29, 1.82) is 0 Å². The minimum atomic E-state index is -0.0521. The summed E-state index contributed by atoms with van der Waals surface area (Å²) in [7, 11) is 0. The SMILES string of the molecule is Cc1cccc(N(c2ccc(-c3ccc4c(c3)C(C)(C)c3ccccc3-4)cc2)c2ccc3c(c2)c2ccccc2c2c(-c4ccccc4)cc(-c4ccccc4)c(-c4ccccc4)c32)c1. The zero-order valence-corrected chi connectivity index (χ0v) is 36.9. The molecule has 0 spiro atoms. The average Bonchev–Trinajstić information content (AvgIpc) is 3.59. The summed E-state index contributed by atoms with van der Waals surface area (Å²) in [5.41, 5.74) is 19.8. The molecule has 11 aromatic carbocycles. The molecule has 1 nitrogen and oxygen atoms in total. The molecule has 0 aliphatic heterocycles. The smallest absolute Gasteiger partial charge is 0.0468 e. The summed E-state index contributed by atoms with van der Waals surface area (Å²) in [6.07, 6.45) is 0. The summed E-state index contributed by atoms with van der Waals surface area (Å²) in [6.45, 7) is 6.89. The van der Waals surface area contributed by atoms with Gasteiger partial charge in [-0.3, -0.25) is 0 Å². The molecule has 0 aromatic heterocycles. The van der Waals surface area contributed by atoms with Gasteiger partial charge in [0.2, 0.25) is 0 Å². The number of hydrogen-bond donors (Lipinski definition) is 0. The van der Waals surface area contributed by atoms with E-state index in [1.165, 1.54) is 105 Å². The fraction of sp³-hybridized carbons (Fsp3) is 0.0625. The van der Waals surface area contributed by atoms with E-state index in [2.05, 4.69) is 256 Å². The second-order valence-corrected chi connectivity index (χ2v) is 18.1. The summed E-state index contributed by atoms with van der Waals surface area (Å²) < 4.78 is 0. The van der Waals surface area contributed by atoms with Crippen LogP contribution in [0.2, 0.25) is 0 Å². The van der Waals surface area contributed by atoms with E-state index in [0.29, 0.717) is 0 Å². The summed E-state index contributed by atoms with van der Waals surface area (Å²) in [4.78, 5) is 2.42. The molecule has 11 aromatic rings. The molecule has 0 bridgehead atoms. The van der Waals surface area contributed by atoms with E-state index in [9.17, 15) is 0 Å². The van der Waals surface area contributed by atoms with Gasteiger partial charge in [0.25, 0.3) is 0 Å². The van der Waals surface area contributed by atoms with Crippen LogP contribution in [-0.2, 0) is 5.41 Å². The average molecular weight is 830 g/mol. The highest BCUT2D eigenvalue weighted by molar-refractivity contribution is 6.33. The predicted molar refractivity (Wildman–Crippen MR) is 278 cm³/mol. The molecule has 12 rings (SSSR count). The van der Waals surface area contributed by atoms with Crippen LogP contribution in [0.1, 0.15) is 30.5 Å². The van der Waals surface area contributed by atoms with Crippen LogP contribution in [-0.4, -0.2) is 0 Å². The molecule has 0 heterocycles. The van der Waals surface area contributed by atoms with Crippen molar-refractivity contribution in [2.45, 2.75) is 26.2 Å². The number of fused-ring (bicyclic) bond motifs is 9. The van der Waals surface area contributed by atoms with Gasteiger partial charge < -0.3 is 4.90 Å². The lowest BCUT2D eigenvalue weighted by molar-refractivity contribution is 0.660. The summed E-state index contributed by atoms with van der Waals surface area (Å²) in [5, 5.41) is 7.48. The van der Waals surface area contributed by atoms with Gasteiger partial charge in [0, 0.05) is 22.5 Å². The van der Waals surface area contributed by atoms with Crippen LogP contribution < -0.4 is 4.90 Å². The molecule has 0 amide bonds. The second kappa shape index (κ2) is 15.4. The normalized spacial score (nSPS) is 12.7. The fourth-order valence-electron chi connectivity index (χ4n) is 10.8. The quantitative estimate of drug-likeness (QED) is 0.145. The molecule has 0 atom stereocenters. The van der Waals surface area contributed by atoms with Gasteiger partial charge in [-0.15, -0.1) is 0 Å². The Labute approximate surface area is 381 Å². The first kappa shape index (κ1) is 38.7. The molecule has 0 fully saturated rings. The summed E-state index contributed by atoms with van der Waals surface area (Å²) >= 11 is 0. The van der Waals surface area contributed by atoms with Gasteiger partial charge >= 0.3 is 0 Å². The van der Waals surface area contributed by atoms with E-state index in [-0.39, 0.29) is 5.41 Å². The Bertz CT molecular complexity index is 3600. The molecule has 1 aliphatic rings. The third-order valence-electron chi connectivity index (χ3n) is 13.9. The number of nitrogens with zero attached hydrogens (tertiary/aromatic N) is 1. The third kappa shape index (κ3) is 6.38. The first-order chi connectivity index (χ1) is 31.9. The lowest BCUT2D eigenvalue weighted by Crippen LogP contribution is -2.14. The third-order valence-corrected chi connectivity index (χ3v) is 13.9. The van der Waals surface area contributed by atoms with Gasteiger partial charge in [-0.1, -0.05) is 196 Å². The number of rotatable bonds is 7. The fourth-order valence-corrected chi connectivity index (χ4v) is 10.8. The monoisotopic (exact) mass is 829 g/mol. The molecule has 0 unspecified atom stereocenters. The van der Waals surface area contributed by atoms with E-state index in [1.54, 1.807) is 0 Å². The molecule has 308 valence electrons. The van der Waals surface area contributed by atoms with Gasteiger partial charge in [-0.05, 0) is 160 Å². The Kier molecular flexibility index (Phi) is 9.14. The second-order valence-electron chi connectivity index (χ2n) is 18.1. The molecule has 0 radical (unpaired) electrons. The van der Waals surface area contributed by atoms with Gasteiger partial charge in [-0.25, -0.2) is 0 Å². The van der Waals surface area contributed by atoms with Gasteiger partial charge in [0.05, 0.1) is 0 Å². The Morgan fingerprint density at radius 2 is 0.877 bits per heavy atom. The maximum Gasteiger partial charge on any atom is 0.0468 e. The van der Waals surface area contributed by atoms with Gasteiger partial charge in [0.15, 0.2) is 0 Å². The van der Waals surface area contributed by atoms with Crippen molar-refractivity contribution in [1.82, 2.24) is 0 Å². The van der Waals surface area contributed by atoms with Crippen molar-refractivity contribution >= 4 is 49.4 Å². The standard InChI is InChI=1S/C64H47N/c1-42-18-17-25-49(38-42)65(48-33-30-43(31-34-48)47-32-36-53-52-27-15-16-29-59(52)64(2,3)60(53)39-47)50-35-37-55-58(40-50)51-26-13-14-28-54(51)62-57(45-21-9-5-10-22-45)41-56(44-19-7-4-8-20-44)61(63(55)62)46-23-11-6-12-24-46/h4-41H,1-3H3. The van der Waals surface area contributed by atoms with Gasteiger partial charge in [-0.2, -0.15) is 0 Å². The number of benzene rings is 11. The largest absolute Gasteiger partial charge is 0.310 e. The predicted octanol–water partition coefficient (Wildman–Crippen LogP) is 17.9. The summed E-state index contributed by atoms with van der Waals surface area (Å²) in [6, 6.07) is 85.4. The van der Waals surface area contributed by atoms with Gasteiger partial charge in [0.1, 0.15) is 0 Å². The van der Waals surface area contributed by atoms with Crippen molar-refractivity contribution in [3.63, 3.8) is 0 Å². The molecule has 0 N–H and O–H groups in total. The van der Waals surface area contributed by atoms with Crippen molar-refractivity contribution < 1.29 is 0 Å². The Hall–Kier alpha value is -8.00. The van der Waals surface area contributed by atoms with Crippen LogP contribution in [0.25, 0.3) is 88.0 Å². The number of hydrogen-bond acceptors (Lipinski definition) is 1. The van der Waals surface area contributed by atoms with E-state index in [1.807, 2.05) is 0 Å². The maximum absolute atomic E-state index is 2.44. The van der Waals surface area contributed by atoms with Crippen LogP contribution in [0.15, 0.2) is 231 Å². The van der Waals surface area contributed by atoms with E-state index < -0.39 is 0 Å². The molecule has 1 heteroatoms.